The Morgan fingerprint density at radius 3 is 2.82 bits per heavy atom. The van der Waals surface area contributed by atoms with Crippen molar-refractivity contribution < 1.29 is 19.0 Å². The van der Waals surface area contributed by atoms with E-state index >= 15 is 0 Å². The number of hydrogen-bond acceptors (Lipinski definition) is 5. The van der Waals surface area contributed by atoms with Gasteiger partial charge in [-0.1, -0.05) is 41.9 Å². The first-order valence-electron chi connectivity index (χ1n) is 10.7. The lowest BCUT2D eigenvalue weighted by molar-refractivity contribution is -0.140. The fraction of sp³-hybridized carbons (Fsp3) is 0.185. The van der Waals surface area contributed by atoms with Gasteiger partial charge in [-0.05, 0) is 53.6 Å². The van der Waals surface area contributed by atoms with Gasteiger partial charge in [0.25, 0.3) is 0 Å². The maximum absolute atomic E-state index is 12.2. The van der Waals surface area contributed by atoms with Crippen molar-refractivity contribution in [2.75, 3.05) is 7.11 Å². The van der Waals surface area contributed by atoms with Crippen molar-refractivity contribution in [3.63, 3.8) is 0 Å². The van der Waals surface area contributed by atoms with Gasteiger partial charge in [-0.15, -0.1) is 0 Å². The lowest BCUT2D eigenvalue weighted by Gasteiger charge is -2.19. The third-order valence-electron chi connectivity index (χ3n) is 5.86. The monoisotopic (exact) mass is 459 g/mol. The Balaban J connectivity index is 1.43. The molecule has 0 amide bonds. The molecule has 0 N–H and O–H groups in total. The maximum atomic E-state index is 12.2. The number of carbonyl (C=O) groups is 1. The van der Waals surface area contributed by atoms with Crippen LogP contribution >= 0.6 is 11.6 Å². The molecule has 166 valence electrons. The molecular weight excluding hydrogens is 438 g/mol. The molecule has 0 aliphatic carbocycles. The van der Waals surface area contributed by atoms with Gasteiger partial charge in [-0.3, -0.25) is 4.79 Å². The molecule has 0 spiro atoms. The summed E-state index contributed by atoms with van der Waals surface area (Å²) in [7, 11) is 1.41. The average molecular weight is 460 g/mol. The molecule has 33 heavy (non-hydrogen) atoms. The van der Waals surface area contributed by atoms with E-state index in [9.17, 15) is 4.79 Å². The van der Waals surface area contributed by atoms with Crippen molar-refractivity contribution in [1.82, 2.24) is 4.98 Å². The normalized spacial score (nSPS) is 14.5. The summed E-state index contributed by atoms with van der Waals surface area (Å²) in [5.41, 5.74) is 4.71. The van der Waals surface area contributed by atoms with Crippen molar-refractivity contribution in [2.24, 2.45) is 0 Å². The quantitative estimate of drug-likeness (QED) is 0.340. The molecule has 1 unspecified atom stereocenters. The lowest BCUT2D eigenvalue weighted by atomic mass is 9.86. The SMILES string of the molecule is COC(=O)CC1c2ccccc2COc2ccc(OCc3ccc4cc(Cl)ccc4n3)cc21. The van der Waals surface area contributed by atoms with Crippen LogP contribution in [0.15, 0.2) is 72.8 Å². The molecule has 6 heteroatoms. The summed E-state index contributed by atoms with van der Waals surface area (Å²) in [6.45, 7) is 0.766. The molecular formula is C27H22ClNO4. The van der Waals surface area contributed by atoms with Gasteiger partial charge in [0.1, 0.15) is 24.7 Å². The number of benzene rings is 3. The van der Waals surface area contributed by atoms with E-state index < -0.39 is 0 Å². The van der Waals surface area contributed by atoms with Gasteiger partial charge < -0.3 is 14.2 Å². The van der Waals surface area contributed by atoms with Gasteiger partial charge in [-0.2, -0.15) is 0 Å². The minimum absolute atomic E-state index is 0.182. The molecule has 0 radical (unpaired) electrons. The first-order valence-corrected chi connectivity index (χ1v) is 11.1. The number of ether oxygens (including phenoxy) is 3. The van der Waals surface area contributed by atoms with Gasteiger partial charge in [0.05, 0.1) is 24.7 Å². The maximum Gasteiger partial charge on any atom is 0.306 e. The van der Waals surface area contributed by atoms with Crippen LogP contribution in [0.1, 0.15) is 34.7 Å². The number of carbonyl (C=O) groups excluding carboxylic acids is 1. The van der Waals surface area contributed by atoms with Crippen LogP contribution in [0.4, 0.5) is 0 Å². The predicted octanol–water partition coefficient (Wildman–Crippen LogP) is 6.05. The molecule has 1 aliphatic rings. The predicted molar refractivity (Wildman–Crippen MR) is 127 cm³/mol. The molecule has 5 nitrogen and oxygen atoms in total. The van der Waals surface area contributed by atoms with Crippen LogP contribution in [-0.4, -0.2) is 18.1 Å². The lowest BCUT2D eigenvalue weighted by Crippen LogP contribution is -2.11. The van der Waals surface area contributed by atoms with Crippen LogP contribution in [0.3, 0.4) is 0 Å². The van der Waals surface area contributed by atoms with Gasteiger partial charge >= 0.3 is 5.97 Å². The number of methoxy groups -OCH3 is 1. The molecule has 1 aliphatic heterocycles. The molecule has 0 fully saturated rings. The van der Waals surface area contributed by atoms with Gasteiger partial charge in [0, 0.05) is 21.9 Å². The summed E-state index contributed by atoms with van der Waals surface area (Å²) < 4.78 is 17.1. The molecule has 0 saturated carbocycles. The third kappa shape index (κ3) is 4.50. The second kappa shape index (κ2) is 9.12. The third-order valence-corrected chi connectivity index (χ3v) is 6.10. The van der Waals surface area contributed by atoms with E-state index in [0.29, 0.717) is 24.0 Å². The van der Waals surface area contributed by atoms with Gasteiger partial charge in [-0.25, -0.2) is 4.98 Å². The number of pyridine rings is 1. The van der Waals surface area contributed by atoms with Crippen molar-refractivity contribution >= 4 is 28.5 Å². The fourth-order valence-corrected chi connectivity index (χ4v) is 4.38. The second-order valence-electron chi connectivity index (χ2n) is 7.95. The number of hydrogen-bond donors (Lipinski definition) is 0. The van der Waals surface area contributed by atoms with Crippen LogP contribution in [-0.2, 0) is 22.7 Å². The highest BCUT2D eigenvalue weighted by Gasteiger charge is 2.27. The largest absolute Gasteiger partial charge is 0.489 e. The molecule has 5 rings (SSSR count). The molecule has 2 heterocycles. The van der Waals surface area contributed by atoms with Crippen LogP contribution in [0.5, 0.6) is 11.5 Å². The first-order chi connectivity index (χ1) is 16.1. The fourth-order valence-electron chi connectivity index (χ4n) is 4.19. The second-order valence-corrected chi connectivity index (χ2v) is 8.38. The van der Waals surface area contributed by atoms with Crippen molar-refractivity contribution in [3.8, 4) is 11.5 Å². The Kier molecular flexibility index (Phi) is 5.88. The minimum Gasteiger partial charge on any atom is -0.489 e. The van der Waals surface area contributed by atoms with Gasteiger partial charge in [0.2, 0.25) is 0 Å². The molecule has 1 aromatic heterocycles. The zero-order chi connectivity index (χ0) is 22.8. The van der Waals surface area contributed by atoms with E-state index in [-0.39, 0.29) is 18.3 Å². The van der Waals surface area contributed by atoms with Crippen LogP contribution < -0.4 is 9.47 Å². The number of esters is 1. The van der Waals surface area contributed by atoms with Crippen LogP contribution in [0, 0.1) is 0 Å². The summed E-state index contributed by atoms with van der Waals surface area (Å²) in [6.07, 6.45) is 0.224. The van der Waals surface area contributed by atoms with Crippen molar-refractivity contribution in [2.45, 2.75) is 25.6 Å². The van der Waals surface area contributed by atoms with E-state index in [2.05, 4.69) is 4.98 Å². The summed E-state index contributed by atoms with van der Waals surface area (Å²) in [5, 5.41) is 1.67. The molecule has 3 aromatic carbocycles. The number of halogens is 1. The number of rotatable bonds is 5. The Morgan fingerprint density at radius 1 is 1.06 bits per heavy atom. The number of nitrogens with zero attached hydrogens (tertiary/aromatic N) is 1. The Labute approximate surface area is 196 Å². The smallest absolute Gasteiger partial charge is 0.306 e. The topological polar surface area (TPSA) is 57.7 Å². The Morgan fingerprint density at radius 2 is 1.94 bits per heavy atom. The van der Waals surface area contributed by atoms with E-state index in [1.54, 1.807) is 0 Å². The summed E-state index contributed by atoms with van der Waals surface area (Å²) in [6, 6.07) is 23.3. The first kappa shape index (κ1) is 21.3. The highest BCUT2D eigenvalue weighted by Crippen LogP contribution is 2.41. The standard InChI is InChI=1S/C27H22ClNO4/c1-31-27(30)14-23-22-5-3-2-4-18(22)15-33-26-11-9-21(13-24(23)26)32-16-20-8-6-17-12-19(28)7-10-25(17)29-20/h2-13,23H,14-16H2,1H3. The number of fused-ring (bicyclic) bond motifs is 3. The zero-order valence-corrected chi connectivity index (χ0v) is 18.8. The van der Waals surface area contributed by atoms with E-state index in [1.807, 2.05) is 72.8 Å². The minimum atomic E-state index is -0.269. The highest BCUT2D eigenvalue weighted by molar-refractivity contribution is 6.31. The highest BCUT2D eigenvalue weighted by atomic mass is 35.5. The van der Waals surface area contributed by atoms with E-state index in [0.717, 1.165) is 39.0 Å². The molecule has 4 aromatic rings. The molecule has 0 saturated heterocycles. The average Bonchev–Trinajstić information content (AvgIpc) is 2.99. The van der Waals surface area contributed by atoms with Crippen molar-refractivity contribution in [1.29, 1.82) is 0 Å². The summed E-state index contributed by atoms with van der Waals surface area (Å²) in [5.74, 6) is 0.977. The van der Waals surface area contributed by atoms with Gasteiger partial charge in [0.15, 0.2) is 0 Å². The Hall–Kier alpha value is -3.57. The summed E-state index contributed by atoms with van der Waals surface area (Å²) in [4.78, 5) is 16.9. The van der Waals surface area contributed by atoms with Crippen molar-refractivity contribution in [3.05, 3.63) is 100 Å². The van der Waals surface area contributed by atoms with Crippen LogP contribution in [0.25, 0.3) is 10.9 Å². The Bertz CT molecular complexity index is 1340. The van der Waals surface area contributed by atoms with Crippen LogP contribution in [0.2, 0.25) is 5.02 Å². The molecule has 0 bridgehead atoms. The van der Waals surface area contributed by atoms with E-state index in [1.165, 1.54) is 7.11 Å². The molecule has 1 atom stereocenters. The summed E-state index contributed by atoms with van der Waals surface area (Å²) >= 11 is 6.06. The number of aromatic nitrogens is 1. The zero-order valence-electron chi connectivity index (χ0n) is 18.1. The van der Waals surface area contributed by atoms with E-state index in [4.69, 9.17) is 25.8 Å².